The van der Waals surface area contributed by atoms with Gasteiger partial charge in [0.05, 0.1) is 17.4 Å². The summed E-state index contributed by atoms with van der Waals surface area (Å²) >= 11 is 0. The summed E-state index contributed by atoms with van der Waals surface area (Å²) in [7, 11) is 0. The Morgan fingerprint density at radius 3 is 2.66 bits per heavy atom. The first kappa shape index (κ1) is 19.6. The fraction of sp³-hybridized carbons (Fsp3) is 0.500. The topological polar surface area (TPSA) is 70.5 Å². The van der Waals surface area contributed by atoms with Crippen LogP contribution < -0.4 is 5.32 Å². The summed E-state index contributed by atoms with van der Waals surface area (Å²) in [4.78, 5) is 28.0. The molecular weight excluding hydrogens is 366 g/mol. The fourth-order valence-electron chi connectivity index (χ4n) is 4.73. The molecule has 2 aliphatic rings. The van der Waals surface area contributed by atoms with Crippen molar-refractivity contribution >= 4 is 11.8 Å². The highest BCUT2D eigenvalue weighted by molar-refractivity contribution is 5.76. The maximum Gasteiger partial charge on any atom is 0.219 e. The van der Waals surface area contributed by atoms with Gasteiger partial charge in [-0.25, -0.2) is 4.68 Å². The zero-order chi connectivity index (χ0) is 20.6. The van der Waals surface area contributed by atoms with Gasteiger partial charge in [-0.05, 0) is 25.5 Å². The van der Waals surface area contributed by atoms with Crippen LogP contribution in [0.15, 0.2) is 36.7 Å². The SMILES string of the molecule is CC(=O)N[C@@]12CCN(Cc3cnn(-c4ccc(C)cc4)c3)C[C@@H]1CN(C(C)=O)C2. The van der Waals surface area contributed by atoms with E-state index in [1.54, 1.807) is 13.8 Å². The minimum Gasteiger partial charge on any atom is -0.349 e. The van der Waals surface area contributed by atoms with Crippen LogP contribution in [0.25, 0.3) is 5.69 Å². The second kappa shape index (κ2) is 7.63. The van der Waals surface area contributed by atoms with Crippen LogP contribution in [-0.2, 0) is 16.1 Å². The summed E-state index contributed by atoms with van der Waals surface area (Å²) in [5.41, 5.74) is 3.16. The van der Waals surface area contributed by atoms with Crippen molar-refractivity contribution in [2.45, 2.75) is 39.3 Å². The number of hydrogen-bond acceptors (Lipinski definition) is 4. The molecule has 0 spiro atoms. The predicted octanol–water partition coefficient (Wildman–Crippen LogP) is 1.74. The third-order valence-corrected chi connectivity index (χ3v) is 6.26. The molecule has 0 unspecified atom stereocenters. The number of hydrogen-bond donors (Lipinski definition) is 1. The molecule has 2 aromatic rings. The van der Waals surface area contributed by atoms with Crippen molar-refractivity contribution in [1.82, 2.24) is 24.9 Å². The second-order valence-corrected chi connectivity index (χ2v) is 8.55. The van der Waals surface area contributed by atoms with Gasteiger partial charge in [0.25, 0.3) is 0 Å². The van der Waals surface area contributed by atoms with Crippen LogP contribution in [0.5, 0.6) is 0 Å². The Kier molecular flexibility index (Phi) is 5.17. The molecule has 2 atom stereocenters. The zero-order valence-electron chi connectivity index (χ0n) is 17.4. The number of fused-ring (bicyclic) bond motifs is 1. The molecule has 0 radical (unpaired) electrons. The molecule has 7 nitrogen and oxygen atoms in total. The van der Waals surface area contributed by atoms with E-state index in [-0.39, 0.29) is 23.3 Å². The number of aromatic nitrogens is 2. The molecule has 4 rings (SSSR count). The minimum atomic E-state index is -0.292. The van der Waals surface area contributed by atoms with Gasteiger partial charge in [-0.15, -0.1) is 0 Å². The molecular formula is C22H29N5O2. The van der Waals surface area contributed by atoms with Crippen LogP contribution in [0.2, 0.25) is 0 Å². The lowest BCUT2D eigenvalue weighted by molar-refractivity contribution is -0.128. The molecule has 2 amide bonds. The number of rotatable bonds is 4. The van der Waals surface area contributed by atoms with Gasteiger partial charge in [0, 0.05) is 64.2 Å². The Labute approximate surface area is 171 Å². The Balaban J connectivity index is 1.45. The lowest BCUT2D eigenvalue weighted by atomic mass is 9.80. The van der Waals surface area contributed by atoms with Crippen molar-refractivity contribution in [2.24, 2.45) is 5.92 Å². The first-order valence-electron chi connectivity index (χ1n) is 10.2. The van der Waals surface area contributed by atoms with Crippen LogP contribution in [0.4, 0.5) is 0 Å². The van der Waals surface area contributed by atoms with Crippen molar-refractivity contribution in [1.29, 1.82) is 0 Å². The average Bonchev–Trinajstić information content (AvgIpc) is 3.27. The van der Waals surface area contributed by atoms with Crippen LogP contribution in [0.1, 0.15) is 31.4 Å². The highest BCUT2D eigenvalue weighted by atomic mass is 16.2. The van der Waals surface area contributed by atoms with E-state index >= 15 is 0 Å². The molecule has 1 aromatic heterocycles. The maximum absolute atomic E-state index is 11.9. The Morgan fingerprint density at radius 1 is 1.21 bits per heavy atom. The molecule has 2 saturated heterocycles. The molecule has 2 fully saturated rings. The van der Waals surface area contributed by atoms with Crippen LogP contribution in [0, 0.1) is 12.8 Å². The van der Waals surface area contributed by atoms with Gasteiger partial charge in [-0.1, -0.05) is 17.7 Å². The molecule has 2 aliphatic heterocycles. The lowest BCUT2D eigenvalue weighted by Crippen LogP contribution is -2.60. The molecule has 7 heteroatoms. The molecule has 0 aliphatic carbocycles. The molecule has 1 N–H and O–H groups in total. The van der Waals surface area contributed by atoms with Gasteiger partial charge >= 0.3 is 0 Å². The molecule has 3 heterocycles. The summed E-state index contributed by atoms with van der Waals surface area (Å²) in [6, 6.07) is 8.32. The Morgan fingerprint density at radius 2 is 1.97 bits per heavy atom. The summed E-state index contributed by atoms with van der Waals surface area (Å²) in [5, 5.41) is 7.70. The monoisotopic (exact) mass is 395 g/mol. The van der Waals surface area contributed by atoms with E-state index in [0.717, 1.165) is 31.7 Å². The first-order valence-corrected chi connectivity index (χ1v) is 10.2. The van der Waals surface area contributed by atoms with Crippen LogP contribution in [-0.4, -0.2) is 63.1 Å². The first-order chi connectivity index (χ1) is 13.8. The Bertz CT molecular complexity index is 906. The van der Waals surface area contributed by atoms with Crippen molar-refractivity contribution in [2.75, 3.05) is 26.2 Å². The number of aryl methyl sites for hydroxylation is 1. The number of carbonyl (C=O) groups excluding carboxylic acids is 2. The standard InChI is InChI=1S/C22H29N5O2/c1-16-4-6-21(7-5-16)27-12-19(10-23-27)11-25-9-8-22(24-17(2)28)15-26(18(3)29)14-20(22)13-25/h4-7,10,12,20H,8-9,11,13-15H2,1-3H3,(H,24,28)/t20-,22-/m1/s1. The number of likely N-dealkylation sites (tertiary alicyclic amines) is 2. The van der Waals surface area contributed by atoms with Gasteiger partial charge < -0.3 is 10.2 Å². The molecule has 0 bridgehead atoms. The summed E-state index contributed by atoms with van der Waals surface area (Å²) < 4.78 is 1.91. The number of carbonyl (C=O) groups is 2. The number of piperidine rings is 1. The molecule has 1 aromatic carbocycles. The molecule has 154 valence electrons. The van der Waals surface area contributed by atoms with Gasteiger partial charge in [0.15, 0.2) is 0 Å². The third-order valence-electron chi connectivity index (χ3n) is 6.26. The maximum atomic E-state index is 11.9. The smallest absolute Gasteiger partial charge is 0.219 e. The van der Waals surface area contributed by atoms with E-state index in [4.69, 9.17) is 0 Å². The molecule has 29 heavy (non-hydrogen) atoms. The van der Waals surface area contributed by atoms with Crippen LogP contribution >= 0.6 is 0 Å². The third kappa shape index (κ3) is 4.05. The summed E-state index contributed by atoms with van der Waals surface area (Å²) in [6.07, 6.45) is 4.86. The number of benzene rings is 1. The Hall–Kier alpha value is -2.67. The van der Waals surface area contributed by atoms with Crippen LogP contribution in [0.3, 0.4) is 0 Å². The highest BCUT2D eigenvalue weighted by Gasteiger charge is 2.50. The van der Waals surface area contributed by atoms with E-state index in [9.17, 15) is 9.59 Å². The molecule has 0 saturated carbocycles. The van der Waals surface area contributed by atoms with E-state index < -0.39 is 0 Å². The van der Waals surface area contributed by atoms with Gasteiger partial charge in [-0.2, -0.15) is 5.10 Å². The predicted molar refractivity (Wildman–Crippen MR) is 110 cm³/mol. The van der Waals surface area contributed by atoms with Gasteiger partial charge in [0.1, 0.15) is 0 Å². The number of nitrogens with one attached hydrogen (secondary N) is 1. The minimum absolute atomic E-state index is 0.0202. The van der Waals surface area contributed by atoms with Crippen molar-refractivity contribution in [3.63, 3.8) is 0 Å². The summed E-state index contributed by atoms with van der Waals surface area (Å²) in [5.74, 6) is 0.305. The van der Waals surface area contributed by atoms with Gasteiger partial charge in [-0.3, -0.25) is 14.5 Å². The van der Waals surface area contributed by atoms with E-state index in [2.05, 4.69) is 52.7 Å². The largest absolute Gasteiger partial charge is 0.349 e. The average molecular weight is 396 g/mol. The van der Waals surface area contributed by atoms with E-state index in [1.165, 1.54) is 11.1 Å². The summed E-state index contributed by atoms with van der Waals surface area (Å²) in [6.45, 7) is 9.13. The highest BCUT2D eigenvalue weighted by Crippen LogP contribution is 2.36. The number of amides is 2. The van der Waals surface area contributed by atoms with Gasteiger partial charge in [0.2, 0.25) is 11.8 Å². The lowest BCUT2D eigenvalue weighted by Gasteiger charge is -2.43. The van der Waals surface area contributed by atoms with Crippen molar-refractivity contribution in [3.05, 3.63) is 47.8 Å². The fourth-order valence-corrected chi connectivity index (χ4v) is 4.73. The quantitative estimate of drug-likeness (QED) is 0.856. The zero-order valence-corrected chi connectivity index (χ0v) is 17.4. The van der Waals surface area contributed by atoms with Crippen molar-refractivity contribution < 1.29 is 9.59 Å². The van der Waals surface area contributed by atoms with E-state index in [0.29, 0.717) is 13.1 Å². The van der Waals surface area contributed by atoms with E-state index in [1.807, 2.05) is 15.8 Å². The number of nitrogens with zero attached hydrogens (tertiary/aromatic N) is 4. The normalized spacial score (nSPS) is 24.4. The van der Waals surface area contributed by atoms with Crippen molar-refractivity contribution in [3.8, 4) is 5.69 Å². The second-order valence-electron chi connectivity index (χ2n) is 8.55.